The summed E-state index contributed by atoms with van der Waals surface area (Å²) in [5.74, 6) is 0.763. The highest BCUT2D eigenvalue weighted by atomic mass is 32.2. The molecule has 4 rings (SSSR count). The zero-order chi connectivity index (χ0) is 26.1. The van der Waals surface area contributed by atoms with Gasteiger partial charge in [-0.1, -0.05) is 32.9 Å². The fourth-order valence-electron chi connectivity index (χ4n) is 4.86. The number of ether oxygens (including phenoxy) is 2. The lowest BCUT2D eigenvalue weighted by Gasteiger charge is -2.33. The van der Waals surface area contributed by atoms with Crippen LogP contribution >= 0.6 is 11.3 Å². The third kappa shape index (κ3) is 6.03. The van der Waals surface area contributed by atoms with Crippen molar-refractivity contribution in [1.82, 2.24) is 5.32 Å². The molecule has 0 spiro atoms. The van der Waals surface area contributed by atoms with Gasteiger partial charge in [-0.2, -0.15) is 0 Å². The van der Waals surface area contributed by atoms with Crippen LogP contribution in [0.2, 0.25) is 0 Å². The molecule has 1 aromatic carbocycles. The molecule has 2 aliphatic rings. The van der Waals surface area contributed by atoms with Crippen LogP contribution in [0.25, 0.3) is 0 Å². The van der Waals surface area contributed by atoms with E-state index >= 15 is 0 Å². The first kappa shape index (κ1) is 26.5. The van der Waals surface area contributed by atoms with Crippen molar-refractivity contribution in [1.29, 1.82) is 0 Å². The number of para-hydroxylation sites is 2. The van der Waals surface area contributed by atoms with Crippen LogP contribution in [-0.2, 0) is 27.5 Å². The van der Waals surface area contributed by atoms with Gasteiger partial charge in [-0.15, -0.1) is 11.3 Å². The number of rotatable bonds is 7. The Hall–Kier alpha value is -2.59. The van der Waals surface area contributed by atoms with Gasteiger partial charge in [0.15, 0.2) is 27.9 Å². The summed E-state index contributed by atoms with van der Waals surface area (Å²) in [6.07, 6.45) is 2.94. The zero-order valence-electron chi connectivity index (χ0n) is 21.2. The summed E-state index contributed by atoms with van der Waals surface area (Å²) in [4.78, 5) is 27.3. The summed E-state index contributed by atoms with van der Waals surface area (Å²) < 4.78 is 34.7. The van der Waals surface area contributed by atoms with Crippen LogP contribution in [-0.4, -0.2) is 51.5 Å². The standard InChI is InChI=1S/C26H34N2O6S2/c1-26(2,3)16-9-10-18-21(13-16)35-25(23(18)24(30)27-17-11-12-36(31,32)15-17)28-22(29)14-34-20-8-6-5-7-19(20)33-4/h5-8,16-17H,9-15H2,1-4H3,(H,27,30)(H,28,29). The van der Waals surface area contributed by atoms with E-state index in [9.17, 15) is 18.0 Å². The van der Waals surface area contributed by atoms with Crippen molar-refractivity contribution in [3.63, 3.8) is 0 Å². The summed E-state index contributed by atoms with van der Waals surface area (Å²) in [5, 5.41) is 6.28. The minimum absolute atomic E-state index is 0.0500. The maximum atomic E-state index is 13.4. The van der Waals surface area contributed by atoms with Crippen LogP contribution in [0.3, 0.4) is 0 Å². The van der Waals surface area contributed by atoms with Gasteiger partial charge in [0, 0.05) is 10.9 Å². The third-order valence-electron chi connectivity index (χ3n) is 6.97. The van der Waals surface area contributed by atoms with E-state index in [2.05, 4.69) is 31.4 Å². The van der Waals surface area contributed by atoms with Gasteiger partial charge in [0.05, 0.1) is 24.2 Å². The molecule has 2 unspecified atom stereocenters. The first-order valence-electron chi connectivity index (χ1n) is 12.2. The van der Waals surface area contributed by atoms with Crippen LogP contribution in [0.5, 0.6) is 11.5 Å². The molecule has 1 aromatic heterocycles. The smallest absolute Gasteiger partial charge is 0.262 e. The molecule has 0 radical (unpaired) electrons. The van der Waals surface area contributed by atoms with Crippen LogP contribution in [0.15, 0.2) is 24.3 Å². The number of hydrogen-bond acceptors (Lipinski definition) is 7. The van der Waals surface area contributed by atoms with E-state index < -0.39 is 15.9 Å². The summed E-state index contributed by atoms with van der Waals surface area (Å²) in [6.45, 7) is 6.43. The molecule has 2 heterocycles. The number of carbonyl (C=O) groups is 2. The highest BCUT2D eigenvalue weighted by Gasteiger charge is 2.36. The summed E-state index contributed by atoms with van der Waals surface area (Å²) in [6, 6.07) is 6.66. The fraction of sp³-hybridized carbons (Fsp3) is 0.538. The number of nitrogens with one attached hydrogen (secondary N) is 2. The first-order chi connectivity index (χ1) is 17.0. The minimum Gasteiger partial charge on any atom is -0.493 e. The number of sulfone groups is 1. The van der Waals surface area contributed by atoms with Crippen molar-refractivity contribution in [3.05, 3.63) is 40.3 Å². The maximum Gasteiger partial charge on any atom is 0.262 e. The maximum absolute atomic E-state index is 13.4. The number of methoxy groups -OCH3 is 1. The Kier molecular flexibility index (Phi) is 7.66. The fourth-order valence-corrected chi connectivity index (χ4v) is 7.88. The monoisotopic (exact) mass is 534 g/mol. The molecule has 0 saturated carbocycles. The average Bonchev–Trinajstić information content (AvgIpc) is 3.34. The highest BCUT2D eigenvalue weighted by molar-refractivity contribution is 7.91. The van der Waals surface area contributed by atoms with E-state index in [1.165, 1.54) is 18.4 Å². The van der Waals surface area contributed by atoms with Crippen molar-refractivity contribution in [2.24, 2.45) is 11.3 Å². The second kappa shape index (κ2) is 10.4. The Morgan fingerprint density at radius 3 is 2.50 bits per heavy atom. The number of amides is 2. The molecular formula is C26H34N2O6S2. The molecule has 36 heavy (non-hydrogen) atoms. The Morgan fingerprint density at radius 1 is 1.14 bits per heavy atom. The van der Waals surface area contributed by atoms with Gasteiger partial charge in [-0.05, 0) is 54.7 Å². The van der Waals surface area contributed by atoms with E-state index in [1.54, 1.807) is 18.2 Å². The van der Waals surface area contributed by atoms with E-state index in [-0.39, 0.29) is 35.3 Å². The van der Waals surface area contributed by atoms with Crippen molar-refractivity contribution in [3.8, 4) is 11.5 Å². The van der Waals surface area contributed by atoms with E-state index in [4.69, 9.17) is 9.47 Å². The lowest BCUT2D eigenvalue weighted by Crippen LogP contribution is -2.36. The van der Waals surface area contributed by atoms with Gasteiger partial charge in [0.25, 0.3) is 11.8 Å². The summed E-state index contributed by atoms with van der Waals surface area (Å²) >= 11 is 1.43. The molecule has 8 nitrogen and oxygen atoms in total. The number of carbonyl (C=O) groups excluding carboxylic acids is 2. The van der Waals surface area contributed by atoms with Gasteiger partial charge in [0.1, 0.15) is 5.00 Å². The normalized spacial score (nSPS) is 20.9. The Labute approximate surface area is 216 Å². The van der Waals surface area contributed by atoms with Crippen molar-refractivity contribution in [2.75, 3.05) is 30.5 Å². The van der Waals surface area contributed by atoms with Crippen LogP contribution in [0.1, 0.15) is 54.4 Å². The molecule has 1 aliphatic carbocycles. The van der Waals surface area contributed by atoms with Crippen LogP contribution in [0, 0.1) is 11.3 Å². The third-order valence-corrected chi connectivity index (χ3v) is 9.90. The number of benzene rings is 1. The molecule has 2 atom stereocenters. The quantitative estimate of drug-likeness (QED) is 0.558. The van der Waals surface area contributed by atoms with Crippen molar-refractivity contribution >= 4 is 38.0 Å². The molecule has 0 bridgehead atoms. The summed E-state index contributed by atoms with van der Waals surface area (Å²) in [7, 11) is -1.60. The highest BCUT2D eigenvalue weighted by Crippen LogP contribution is 2.44. The Bertz CT molecular complexity index is 1250. The predicted molar refractivity (Wildman–Crippen MR) is 141 cm³/mol. The number of anilines is 1. The Morgan fingerprint density at radius 2 is 1.86 bits per heavy atom. The second-order valence-corrected chi connectivity index (χ2v) is 13.9. The van der Waals surface area contributed by atoms with E-state index in [1.807, 2.05) is 6.07 Å². The van der Waals surface area contributed by atoms with E-state index in [0.717, 1.165) is 29.7 Å². The van der Waals surface area contributed by atoms with Crippen LogP contribution < -0.4 is 20.1 Å². The molecule has 10 heteroatoms. The van der Waals surface area contributed by atoms with E-state index in [0.29, 0.717) is 34.4 Å². The molecular weight excluding hydrogens is 500 g/mol. The first-order valence-corrected chi connectivity index (χ1v) is 14.8. The van der Waals surface area contributed by atoms with Gasteiger partial charge in [-0.3, -0.25) is 9.59 Å². The average molecular weight is 535 g/mol. The van der Waals surface area contributed by atoms with Gasteiger partial charge in [-0.25, -0.2) is 8.42 Å². The molecule has 2 aromatic rings. The second-order valence-electron chi connectivity index (χ2n) is 10.6. The van der Waals surface area contributed by atoms with Crippen molar-refractivity contribution in [2.45, 2.75) is 52.5 Å². The predicted octanol–water partition coefficient (Wildman–Crippen LogP) is 3.84. The molecule has 2 N–H and O–H groups in total. The van der Waals surface area contributed by atoms with Crippen LogP contribution in [0.4, 0.5) is 5.00 Å². The number of hydrogen-bond donors (Lipinski definition) is 2. The minimum atomic E-state index is -3.13. The molecule has 1 fully saturated rings. The topological polar surface area (TPSA) is 111 Å². The molecule has 1 saturated heterocycles. The molecule has 1 aliphatic heterocycles. The Balaban J connectivity index is 1.55. The lowest BCUT2D eigenvalue weighted by molar-refractivity contribution is -0.118. The largest absolute Gasteiger partial charge is 0.493 e. The molecule has 196 valence electrons. The van der Waals surface area contributed by atoms with Gasteiger partial charge >= 0.3 is 0 Å². The number of thiophene rings is 1. The lowest BCUT2D eigenvalue weighted by atomic mass is 9.72. The van der Waals surface area contributed by atoms with Gasteiger partial charge in [0.2, 0.25) is 0 Å². The summed E-state index contributed by atoms with van der Waals surface area (Å²) in [5.41, 5.74) is 1.55. The van der Waals surface area contributed by atoms with Gasteiger partial charge < -0.3 is 20.1 Å². The zero-order valence-corrected chi connectivity index (χ0v) is 22.8. The van der Waals surface area contributed by atoms with Crippen molar-refractivity contribution < 1.29 is 27.5 Å². The number of fused-ring (bicyclic) bond motifs is 1. The SMILES string of the molecule is COc1ccccc1OCC(=O)Nc1sc2c(c1C(=O)NC1CCS(=O)(=O)C1)CCC(C(C)(C)C)C2. The molecule has 2 amide bonds.